The Kier molecular flexibility index (Phi) is 7.10. The summed E-state index contributed by atoms with van der Waals surface area (Å²) in [7, 11) is 0. The number of allylic oxidation sites excluding steroid dienone is 1. The van der Waals surface area contributed by atoms with Crippen molar-refractivity contribution in [1.82, 2.24) is 0 Å². The molecule has 0 saturated carbocycles. The third-order valence-electron chi connectivity index (χ3n) is 5.71. The molecule has 0 aliphatic carbocycles. The van der Waals surface area contributed by atoms with Crippen molar-refractivity contribution in [3.8, 4) is 33.4 Å². The van der Waals surface area contributed by atoms with Crippen LogP contribution < -0.4 is 0 Å². The van der Waals surface area contributed by atoms with Crippen LogP contribution in [0.4, 0.5) is 43.9 Å². The first-order chi connectivity index (χ1) is 17.8. The third-order valence-corrected chi connectivity index (χ3v) is 5.71. The molecule has 0 radical (unpaired) electrons. The first kappa shape index (κ1) is 27.0. The van der Waals surface area contributed by atoms with Crippen molar-refractivity contribution in [3.63, 3.8) is 0 Å². The first-order valence-corrected chi connectivity index (χ1v) is 10.8. The van der Waals surface area contributed by atoms with E-state index < -0.39 is 63.6 Å². The zero-order valence-electron chi connectivity index (χ0n) is 19.1. The zero-order chi connectivity index (χ0) is 27.9. The molecule has 0 N–H and O–H groups in total. The van der Waals surface area contributed by atoms with Gasteiger partial charge >= 0.3 is 6.18 Å². The minimum absolute atomic E-state index is 0.0234. The molecule has 0 bridgehead atoms. The van der Waals surface area contributed by atoms with E-state index in [-0.39, 0.29) is 28.8 Å². The van der Waals surface area contributed by atoms with Gasteiger partial charge < -0.3 is 0 Å². The van der Waals surface area contributed by atoms with Crippen LogP contribution in [0.25, 0.3) is 39.2 Å². The van der Waals surface area contributed by atoms with Crippen molar-refractivity contribution in [3.05, 3.63) is 113 Å². The molecule has 196 valence electrons. The van der Waals surface area contributed by atoms with E-state index in [9.17, 15) is 43.9 Å². The van der Waals surface area contributed by atoms with Crippen LogP contribution in [-0.4, -0.2) is 0 Å². The summed E-state index contributed by atoms with van der Waals surface area (Å²) in [6.07, 6.45) is -5.36. The molecular weight excluding hydrogens is 526 g/mol. The molecule has 0 aliphatic rings. The molecule has 0 amide bonds. The highest BCUT2D eigenvalue weighted by Crippen LogP contribution is 2.38. The van der Waals surface area contributed by atoms with Gasteiger partial charge in [0.15, 0.2) is 5.83 Å². The van der Waals surface area contributed by atoms with E-state index in [1.807, 2.05) is 0 Å². The Labute approximate surface area is 209 Å². The lowest BCUT2D eigenvalue weighted by Gasteiger charge is -2.13. The number of hydrogen-bond donors (Lipinski definition) is 0. The molecule has 0 heterocycles. The highest BCUT2D eigenvalue weighted by atomic mass is 19.4. The summed E-state index contributed by atoms with van der Waals surface area (Å²) < 4.78 is 138. The van der Waals surface area contributed by atoms with E-state index >= 15 is 0 Å². The number of alkyl halides is 3. The molecule has 0 saturated heterocycles. The summed E-state index contributed by atoms with van der Waals surface area (Å²) in [4.78, 5) is 0. The van der Waals surface area contributed by atoms with Crippen LogP contribution in [0.3, 0.4) is 0 Å². The highest BCUT2D eigenvalue weighted by molar-refractivity contribution is 5.75. The SMILES string of the molecule is C/C(F)=C(\F)c1ccc(-c2ccc(-c3cc(F)c(-c4cc(F)c(C(F)(F)F)c(F)c4)c(F)c3)c(F)c2)cc1. The van der Waals surface area contributed by atoms with Crippen molar-refractivity contribution in [2.45, 2.75) is 13.1 Å². The predicted octanol–water partition coefficient (Wildman–Crippen LogP) is 10.0. The molecule has 0 nitrogen and oxygen atoms in total. The van der Waals surface area contributed by atoms with Crippen LogP contribution in [-0.2, 0) is 6.18 Å². The fourth-order valence-electron chi connectivity index (χ4n) is 3.93. The van der Waals surface area contributed by atoms with Crippen molar-refractivity contribution < 1.29 is 43.9 Å². The van der Waals surface area contributed by atoms with Gasteiger partial charge in [-0.2, -0.15) is 13.2 Å². The van der Waals surface area contributed by atoms with Gasteiger partial charge in [-0.3, -0.25) is 0 Å². The van der Waals surface area contributed by atoms with Gasteiger partial charge in [0.1, 0.15) is 40.5 Å². The fraction of sp³-hybridized carbons (Fsp3) is 0.0714. The maximum absolute atomic E-state index is 14.9. The van der Waals surface area contributed by atoms with E-state index in [0.29, 0.717) is 23.3 Å². The maximum Gasteiger partial charge on any atom is 0.422 e. The molecule has 0 aliphatic heterocycles. The lowest BCUT2D eigenvalue weighted by Crippen LogP contribution is -2.11. The van der Waals surface area contributed by atoms with Gasteiger partial charge in [0.25, 0.3) is 0 Å². The van der Waals surface area contributed by atoms with Crippen LogP contribution in [0.5, 0.6) is 0 Å². The number of rotatable bonds is 4. The highest BCUT2D eigenvalue weighted by Gasteiger charge is 2.38. The van der Waals surface area contributed by atoms with Gasteiger partial charge in [0.2, 0.25) is 0 Å². The summed E-state index contributed by atoms with van der Waals surface area (Å²) in [6.45, 7) is 0.954. The van der Waals surface area contributed by atoms with Gasteiger partial charge in [0.05, 0.1) is 5.56 Å². The van der Waals surface area contributed by atoms with Crippen LogP contribution in [0.1, 0.15) is 18.1 Å². The van der Waals surface area contributed by atoms with Crippen LogP contribution in [0.15, 0.2) is 72.6 Å². The average Bonchev–Trinajstić information content (AvgIpc) is 2.81. The van der Waals surface area contributed by atoms with Gasteiger partial charge in [-0.25, -0.2) is 30.7 Å². The molecule has 38 heavy (non-hydrogen) atoms. The molecule has 0 aromatic heterocycles. The largest absolute Gasteiger partial charge is 0.422 e. The van der Waals surface area contributed by atoms with E-state index in [1.165, 1.54) is 36.4 Å². The lowest BCUT2D eigenvalue weighted by molar-refractivity contribution is -0.142. The van der Waals surface area contributed by atoms with E-state index in [1.54, 1.807) is 0 Å². The Hall–Kier alpha value is -4.08. The van der Waals surface area contributed by atoms with Gasteiger partial charge in [0, 0.05) is 11.1 Å². The van der Waals surface area contributed by atoms with Crippen LogP contribution in [0.2, 0.25) is 0 Å². The van der Waals surface area contributed by atoms with Crippen molar-refractivity contribution in [2.24, 2.45) is 0 Å². The Morgan fingerprint density at radius 2 is 1.03 bits per heavy atom. The molecule has 4 rings (SSSR count). The van der Waals surface area contributed by atoms with Crippen LogP contribution >= 0.6 is 0 Å². The molecule has 0 fully saturated rings. The summed E-state index contributed by atoms with van der Waals surface area (Å²) in [5.74, 6) is -9.85. The number of halogens is 10. The topological polar surface area (TPSA) is 0 Å². The van der Waals surface area contributed by atoms with Crippen LogP contribution in [0, 0.1) is 29.1 Å². The van der Waals surface area contributed by atoms with Gasteiger partial charge in [-0.1, -0.05) is 36.4 Å². The smallest absolute Gasteiger partial charge is 0.209 e. The van der Waals surface area contributed by atoms with Gasteiger partial charge in [-0.15, -0.1) is 0 Å². The first-order valence-electron chi connectivity index (χ1n) is 10.8. The Bertz CT molecular complexity index is 1510. The average molecular weight is 540 g/mol. The zero-order valence-corrected chi connectivity index (χ0v) is 19.1. The Morgan fingerprint density at radius 1 is 0.553 bits per heavy atom. The van der Waals surface area contributed by atoms with Crippen molar-refractivity contribution in [1.29, 1.82) is 0 Å². The second-order valence-corrected chi connectivity index (χ2v) is 8.25. The van der Waals surface area contributed by atoms with E-state index in [2.05, 4.69) is 0 Å². The minimum atomic E-state index is -5.36. The standard InChI is InChI=1S/C28H14F10/c1-13(29)27(35)15-4-2-14(3-5-15)16-6-7-19(20(30)8-16)17-9-21(31)25(22(32)10-17)18-11-23(33)26(24(34)12-18)28(36,37)38/h2-12H,1H3/b27-13+. The summed E-state index contributed by atoms with van der Waals surface area (Å²) in [5, 5.41) is 0. The normalized spacial score (nSPS) is 12.5. The van der Waals surface area contributed by atoms with E-state index in [4.69, 9.17) is 0 Å². The summed E-state index contributed by atoms with van der Waals surface area (Å²) in [5.41, 5.74) is -3.83. The summed E-state index contributed by atoms with van der Waals surface area (Å²) in [6, 6.07) is 10.7. The van der Waals surface area contributed by atoms with E-state index in [0.717, 1.165) is 13.0 Å². The number of benzene rings is 4. The second-order valence-electron chi connectivity index (χ2n) is 8.25. The monoisotopic (exact) mass is 540 g/mol. The number of hydrogen-bond acceptors (Lipinski definition) is 0. The quantitative estimate of drug-likeness (QED) is 0.226. The second kappa shape index (κ2) is 10.00. The Balaban J connectivity index is 1.69. The fourth-order valence-corrected chi connectivity index (χ4v) is 3.93. The Morgan fingerprint density at radius 3 is 1.50 bits per heavy atom. The summed E-state index contributed by atoms with van der Waals surface area (Å²) >= 11 is 0. The third kappa shape index (κ3) is 5.16. The van der Waals surface area contributed by atoms with Crippen molar-refractivity contribution >= 4 is 5.83 Å². The minimum Gasteiger partial charge on any atom is -0.209 e. The molecular formula is C28H14F10. The molecule has 4 aromatic rings. The van der Waals surface area contributed by atoms with Gasteiger partial charge in [-0.05, 0) is 59.5 Å². The molecule has 0 spiro atoms. The van der Waals surface area contributed by atoms with Crippen molar-refractivity contribution in [2.75, 3.05) is 0 Å². The molecule has 10 heteroatoms. The molecule has 0 atom stereocenters. The predicted molar refractivity (Wildman–Crippen MR) is 122 cm³/mol. The maximum atomic E-state index is 14.9. The molecule has 0 unspecified atom stereocenters. The molecule has 4 aromatic carbocycles. The lowest BCUT2D eigenvalue weighted by atomic mass is 9.95.